The van der Waals surface area contributed by atoms with E-state index in [0.717, 1.165) is 20.9 Å². The maximum Gasteiger partial charge on any atom is 0.217 e. The summed E-state index contributed by atoms with van der Waals surface area (Å²) in [6, 6.07) is 17.1. The first-order valence-corrected chi connectivity index (χ1v) is 13.3. The Morgan fingerprint density at radius 3 is 2.33 bits per heavy atom. The maximum absolute atomic E-state index is 12.9. The van der Waals surface area contributed by atoms with Gasteiger partial charge >= 0.3 is 0 Å². The molecule has 8 nitrogen and oxygen atoms in total. The maximum atomic E-state index is 12.9. The molecule has 2 heterocycles. The summed E-state index contributed by atoms with van der Waals surface area (Å²) < 4.78 is 23.6. The van der Waals surface area contributed by atoms with Gasteiger partial charge in [-0.3, -0.25) is 0 Å². The number of ether oxygens (including phenoxy) is 4. The van der Waals surface area contributed by atoms with Gasteiger partial charge < -0.3 is 29.0 Å². The molecule has 206 valence electrons. The van der Waals surface area contributed by atoms with Crippen molar-refractivity contribution in [1.82, 2.24) is 14.9 Å². The smallest absolute Gasteiger partial charge is 0.217 e. The first-order valence-electron chi connectivity index (χ1n) is 12.5. The van der Waals surface area contributed by atoms with Crippen LogP contribution in [0.1, 0.15) is 29.0 Å². The lowest BCUT2D eigenvalue weighted by Crippen LogP contribution is -2.38. The summed E-state index contributed by atoms with van der Waals surface area (Å²) in [7, 11) is 10.3. The Morgan fingerprint density at radius 1 is 0.923 bits per heavy atom. The molecule has 0 radical (unpaired) electrons. The number of pyridine rings is 2. The summed E-state index contributed by atoms with van der Waals surface area (Å²) in [6.07, 6.45) is 2.03. The van der Waals surface area contributed by atoms with Crippen molar-refractivity contribution in [2.45, 2.75) is 17.9 Å². The highest BCUT2D eigenvalue weighted by Crippen LogP contribution is 2.51. The van der Waals surface area contributed by atoms with Crippen molar-refractivity contribution in [3.05, 3.63) is 82.0 Å². The molecule has 0 amide bonds. The van der Waals surface area contributed by atoms with E-state index in [0.29, 0.717) is 47.4 Å². The van der Waals surface area contributed by atoms with Crippen LogP contribution in [0.15, 0.2) is 65.3 Å². The molecular weight excluding hydrogens is 562 g/mol. The third kappa shape index (κ3) is 5.80. The molecule has 2 aromatic carbocycles. The molecule has 1 N–H and O–H groups in total. The van der Waals surface area contributed by atoms with Crippen LogP contribution in [0.2, 0.25) is 0 Å². The van der Waals surface area contributed by atoms with Crippen LogP contribution in [0, 0.1) is 0 Å². The Hall–Kier alpha value is -3.40. The number of nitrogens with zero attached hydrogens (tertiary/aromatic N) is 3. The van der Waals surface area contributed by atoms with E-state index in [1.54, 1.807) is 40.7 Å². The highest BCUT2D eigenvalue weighted by molar-refractivity contribution is 9.10. The highest BCUT2D eigenvalue weighted by atomic mass is 79.9. The van der Waals surface area contributed by atoms with E-state index in [2.05, 4.69) is 20.9 Å². The summed E-state index contributed by atoms with van der Waals surface area (Å²) in [5.41, 5.74) is 1.36. The number of aliphatic hydroxyl groups is 1. The summed E-state index contributed by atoms with van der Waals surface area (Å²) in [6.45, 7) is 0.597. The second kappa shape index (κ2) is 12.2. The SMILES string of the molecule is COc1ccc(C(O)(CCN(C)C)C(c2cc3cc(Br)ccc3nc2OC)c2cccc(OC)c2OC)cn1. The summed E-state index contributed by atoms with van der Waals surface area (Å²) in [5.74, 6) is 1.26. The number of rotatable bonds is 11. The van der Waals surface area contributed by atoms with Crippen LogP contribution in [-0.4, -0.2) is 69.1 Å². The van der Waals surface area contributed by atoms with E-state index in [9.17, 15) is 5.11 Å². The largest absolute Gasteiger partial charge is 0.493 e. The van der Waals surface area contributed by atoms with Crippen molar-refractivity contribution in [1.29, 1.82) is 0 Å². The molecule has 2 atom stereocenters. The van der Waals surface area contributed by atoms with E-state index in [4.69, 9.17) is 23.9 Å². The average molecular weight is 597 g/mol. The molecule has 2 aromatic heterocycles. The van der Waals surface area contributed by atoms with Gasteiger partial charge in [-0.25, -0.2) is 9.97 Å². The molecule has 39 heavy (non-hydrogen) atoms. The Kier molecular flexibility index (Phi) is 8.94. The molecule has 0 fully saturated rings. The van der Waals surface area contributed by atoms with Crippen LogP contribution < -0.4 is 18.9 Å². The minimum absolute atomic E-state index is 0.374. The molecule has 0 spiro atoms. The fourth-order valence-corrected chi connectivity index (χ4v) is 5.32. The minimum atomic E-state index is -1.46. The standard InChI is InChI=1S/C30H34BrN3O5/c1-34(2)15-14-30(35,20-10-13-26(37-4)32-18-20)27(22-8-7-9-25(36-3)28(22)38-5)23-17-19-16-21(31)11-12-24(19)33-29(23)39-6/h7-13,16-18,27,35H,14-15H2,1-6H3. The molecule has 0 aliphatic rings. The second-order valence-electron chi connectivity index (χ2n) is 9.51. The zero-order valence-corrected chi connectivity index (χ0v) is 24.7. The fraction of sp³-hybridized carbons (Fsp3) is 0.333. The Bertz CT molecular complexity index is 1430. The first kappa shape index (κ1) is 28.6. The fourth-order valence-electron chi connectivity index (χ4n) is 4.94. The number of fused-ring (bicyclic) bond motifs is 1. The monoisotopic (exact) mass is 595 g/mol. The van der Waals surface area contributed by atoms with Gasteiger partial charge in [0, 0.05) is 45.4 Å². The van der Waals surface area contributed by atoms with Crippen molar-refractivity contribution < 1.29 is 24.1 Å². The molecule has 0 aliphatic heterocycles. The highest BCUT2D eigenvalue weighted by Gasteiger charge is 2.44. The topological polar surface area (TPSA) is 86.2 Å². The van der Waals surface area contributed by atoms with Crippen molar-refractivity contribution in [3.8, 4) is 23.3 Å². The third-order valence-electron chi connectivity index (χ3n) is 6.88. The second-order valence-corrected chi connectivity index (χ2v) is 10.4. The Balaban J connectivity index is 2.09. The number of hydrogen-bond donors (Lipinski definition) is 1. The molecule has 0 saturated carbocycles. The first-order chi connectivity index (χ1) is 18.7. The van der Waals surface area contributed by atoms with E-state index < -0.39 is 11.5 Å². The van der Waals surface area contributed by atoms with Gasteiger partial charge in [0.1, 0.15) is 5.60 Å². The third-order valence-corrected chi connectivity index (χ3v) is 7.37. The average Bonchev–Trinajstić information content (AvgIpc) is 2.95. The van der Waals surface area contributed by atoms with Crippen LogP contribution in [-0.2, 0) is 5.60 Å². The summed E-state index contributed by atoms with van der Waals surface area (Å²) in [4.78, 5) is 11.3. The molecular formula is C30H34BrN3O5. The number of methoxy groups -OCH3 is 4. The van der Waals surface area contributed by atoms with Crippen molar-refractivity contribution in [2.24, 2.45) is 0 Å². The van der Waals surface area contributed by atoms with Gasteiger partial charge in [0.15, 0.2) is 11.5 Å². The Labute approximate surface area is 237 Å². The number of halogens is 1. The van der Waals surface area contributed by atoms with Gasteiger partial charge in [0.05, 0.1) is 39.9 Å². The summed E-state index contributed by atoms with van der Waals surface area (Å²) >= 11 is 3.58. The van der Waals surface area contributed by atoms with Gasteiger partial charge in [-0.05, 0) is 56.9 Å². The number of aromatic nitrogens is 2. The van der Waals surface area contributed by atoms with E-state index in [1.807, 2.05) is 67.5 Å². The molecule has 4 aromatic rings. The number of hydrogen-bond acceptors (Lipinski definition) is 8. The molecule has 4 rings (SSSR count). The van der Waals surface area contributed by atoms with Crippen LogP contribution in [0.5, 0.6) is 23.3 Å². The van der Waals surface area contributed by atoms with Crippen LogP contribution in [0.4, 0.5) is 0 Å². The molecule has 0 bridgehead atoms. The lowest BCUT2D eigenvalue weighted by atomic mass is 9.71. The zero-order valence-electron chi connectivity index (χ0n) is 23.1. The van der Waals surface area contributed by atoms with Gasteiger partial charge in [-0.1, -0.05) is 28.1 Å². The normalized spacial score (nSPS) is 13.7. The van der Waals surface area contributed by atoms with Crippen LogP contribution >= 0.6 is 15.9 Å². The Morgan fingerprint density at radius 2 is 1.72 bits per heavy atom. The van der Waals surface area contributed by atoms with Gasteiger partial charge in [0.2, 0.25) is 11.8 Å². The van der Waals surface area contributed by atoms with Gasteiger partial charge in [-0.15, -0.1) is 0 Å². The van der Waals surface area contributed by atoms with Gasteiger partial charge in [-0.2, -0.15) is 0 Å². The van der Waals surface area contributed by atoms with Crippen molar-refractivity contribution in [2.75, 3.05) is 49.1 Å². The summed E-state index contributed by atoms with van der Waals surface area (Å²) in [5, 5.41) is 13.8. The number of para-hydroxylation sites is 1. The lowest BCUT2D eigenvalue weighted by molar-refractivity contribution is 0.00280. The van der Waals surface area contributed by atoms with E-state index in [1.165, 1.54) is 0 Å². The van der Waals surface area contributed by atoms with E-state index >= 15 is 0 Å². The van der Waals surface area contributed by atoms with Crippen LogP contribution in [0.3, 0.4) is 0 Å². The predicted molar refractivity (Wildman–Crippen MR) is 155 cm³/mol. The van der Waals surface area contributed by atoms with E-state index in [-0.39, 0.29) is 0 Å². The van der Waals surface area contributed by atoms with Gasteiger partial charge in [0.25, 0.3) is 0 Å². The van der Waals surface area contributed by atoms with Crippen LogP contribution in [0.25, 0.3) is 10.9 Å². The quantitative estimate of drug-likeness (QED) is 0.247. The zero-order chi connectivity index (χ0) is 28.2. The molecule has 0 saturated heterocycles. The van der Waals surface area contributed by atoms with Crippen molar-refractivity contribution >= 4 is 26.8 Å². The lowest BCUT2D eigenvalue weighted by Gasteiger charge is -2.39. The predicted octanol–water partition coefficient (Wildman–Crippen LogP) is 5.40. The molecule has 0 aliphatic carbocycles. The molecule has 9 heteroatoms. The minimum Gasteiger partial charge on any atom is -0.493 e. The molecule has 2 unspecified atom stereocenters. The van der Waals surface area contributed by atoms with Crippen molar-refractivity contribution in [3.63, 3.8) is 0 Å². The number of benzene rings is 2.